The summed E-state index contributed by atoms with van der Waals surface area (Å²) in [4.78, 5) is 16.7. The molecule has 1 N–H and O–H groups in total. The first-order chi connectivity index (χ1) is 10.2. The normalized spacial score (nSPS) is 14.8. The molecule has 4 heteroatoms. The van der Waals surface area contributed by atoms with Crippen LogP contribution >= 0.6 is 15.9 Å². The van der Waals surface area contributed by atoms with Crippen molar-refractivity contribution in [2.45, 2.75) is 0 Å². The number of anilines is 1. The van der Waals surface area contributed by atoms with E-state index in [-0.39, 0.29) is 5.78 Å². The minimum atomic E-state index is -0.0448. The monoisotopic (exact) mass is 336 g/mol. The number of hydrogen-bond acceptors (Lipinski definition) is 3. The van der Waals surface area contributed by atoms with Crippen LogP contribution in [0.5, 0.6) is 0 Å². The Morgan fingerprint density at radius 3 is 2.86 bits per heavy atom. The van der Waals surface area contributed by atoms with Crippen molar-refractivity contribution < 1.29 is 4.79 Å². The summed E-state index contributed by atoms with van der Waals surface area (Å²) in [6.07, 6.45) is 1.74. The Morgan fingerprint density at radius 2 is 1.95 bits per heavy atom. The number of carbonyl (C=O) groups is 1. The van der Waals surface area contributed by atoms with Gasteiger partial charge in [-0.1, -0.05) is 39.9 Å². The quantitative estimate of drug-likeness (QED) is 0.574. The molecule has 21 heavy (non-hydrogen) atoms. The zero-order valence-electron chi connectivity index (χ0n) is 10.9. The van der Waals surface area contributed by atoms with Gasteiger partial charge in [-0.05, 0) is 24.3 Å². The van der Waals surface area contributed by atoms with Gasteiger partial charge in [-0.3, -0.25) is 9.79 Å². The minimum Gasteiger partial charge on any atom is -0.345 e. The molecule has 0 bridgehead atoms. The van der Waals surface area contributed by atoms with E-state index in [1.807, 2.05) is 42.5 Å². The van der Waals surface area contributed by atoms with Crippen LogP contribution < -0.4 is 5.32 Å². The number of benzene rings is 2. The van der Waals surface area contributed by atoms with E-state index in [0.717, 1.165) is 27.0 Å². The summed E-state index contributed by atoms with van der Waals surface area (Å²) >= 11 is 3.39. The molecule has 0 fully saturated rings. The average Bonchev–Trinajstić information content (AvgIpc) is 3.03. The van der Waals surface area contributed by atoms with Crippen LogP contribution in [0.15, 0.2) is 63.4 Å². The van der Waals surface area contributed by atoms with E-state index in [9.17, 15) is 4.79 Å². The maximum atomic E-state index is 12.4. The zero-order chi connectivity index (χ0) is 14.4. The van der Waals surface area contributed by atoms with E-state index in [1.165, 1.54) is 0 Å². The highest BCUT2D eigenvalue weighted by molar-refractivity contribution is 9.10. The summed E-state index contributed by atoms with van der Waals surface area (Å²) < 4.78 is 0.887. The van der Waals surface area contributed by atoms with Crippen LogP contribution in [0, 0.1) is 0 Å². The van der Waals surface area contributed by atoms with Gasteiger partial charge in [0, 0.05) is 27.4 Å². The smallest absolute Gasteiger partial charge is 0.219 e. The number of ketones is 1. The van der Waals surface area contributed by atoms with Crippen molar-refractivity contribution in [1.82, 2.24) is 0 Å². The zero-order valence-corrected chi connectivity index (χ0v) is 12.4. The number of para-hydroxylation sites is 1. The van der Waals surface area contributed by atoms with Crippen LogP contribution in [-0.4, -0.2) is 12.0 Å². The Bertz CT molecular complexity index is 889. The van der Waals surface area contributed by atoms with Crippen LogP contribution in [0.4, 0.5) is 11.4 Å². The third kappa shape index (κ3) is 1.97. The molecule has 100 valence electrons. The van der Waals surface area contributed by atoms with Crippen molar-refractivity contribution in [1.29, 1.82) is 0 Å². The molecular formula is C17H9BrN2O. The van der Waals surface area contributed by atoms with Crippen LogP contribution in [0.1, 0.15) is 15.9 Å². The van der Waals surface area contributed by atoms with Gasteiger partial charge in [0.05, 0.1) is 11.4 Å². The third-order valence-electron chi connectivity index (χ3n) is 3.50. The second kappa shape index (κ2) is 4.55. The number of hydrogen-bond donors (Lipinski definition) is 1. The molecular weight excluding hydrogens is 328 g/mol. The molecule has 2 aliphatic rings. The average molecular weight is 337 g/mol. The minimum absolute atomic E-state index is 0.0448. The van der Waals surface area contributed by atoms with Gasteiger partial charge < -0.3 is 5.32 Å². The van der Waals surface area contributed by atoms with Crippen LogP contribution in [-0.2, 0) is 0 Å². The molecule has 2 aromatic carbocycles. The van der Waals surface area contributed by atoms with Gasteiger partial charge in [0.15, 0.2) is 0 Å². The largest absolute Gasteiger partial charge is 0.345 e. The van der Waals surface area contributed by atoms with Crippen molar-refractivity contribution in [3.05, 3.63) is 69.5 Å². The molecule has 0 radical (unpaired) electrons. The molecule has 0 saturated carbocycles. The number of Topliss-reactive ketones (excluding diaryl/α,β-unsaturated/α-hetero) is 1. The van der Waals surface area contributed by atoms with Gasteiger partial charge in [-0.2, -0.15) is 0 Å². The molecule has 0 aliphatic carbocycles. The van der Waals surface area contributed by atoms with Crippen molar-refractivity contribution in [3.8, 4) is 0 Å². The lowest BCUT2D eigenvalue weighted by Gasteiger charge is -1.97. The van der Waals surface area contributed by atoms with Crippen molar-refractivity contribution in [2.24, 2.45) is 4.99 Å². The van der Waals surface area contributed by atoms with Crippen molar-refractivity contribution >= 4 is 44.9 Å². The highest BCUT2D eigenvalue weighted by Gasteiger charge is 2.25. The number of rotatable bonds is 0. The fourth-order valence-corrected chi connectivity index (χ4v) is 2.84. The van der Waals surface area contributed by atoms with Gasteiger partial charge in [-0.15, -0.1) is 0 Å². The predicted octanol–water partition coefficient (Wildman–Crippen LogP) is 4.34. The van der Waals surface area contributed by atoms with E-state index < -0.39 is 0 Å². The van der Waals surface area contributed by atoms with Crippen molar-refractivity contribution in [3.63, 3.8) is 0 Å². The van der Waals surface area contributed by atoms with Gasteiger partial charge in [0.2, 0.25) is 5.78 Å². The maximum Gasteiger partial charge on any atom is 0.219 e. The molecule has 2 aromatic rings. The van der Waals surface area contributed by atoms with Gasteiger partial charge in [0.25, 0.3) is 0 Å². The Balaban J connectivity index is 1.85. The number of halogens is 1. The Morgan fingerprint density at radius 1 is 1.10 bits per heavy atom. The van der Waals surface area contributed by atoms with E-state index in [2.05, 4.69) is 32.0 Å². The number of fused-ring (bicyclic) bond motifs is 2. The van der Waals surface area contributed by atoms with E-state index in [4.69, 9.17) is 0 Å². The fraction of sp³-hybridized carbons (Fsp3) is 0. The molecule has 0 amide bonds. The number of allylic oxidation sites excluding steroid dienone is 1. The number of nitrogens with zero attached hydrogens (tertiary/aromatic N) is 1. The molecule has 0 unspecified atom stereocenters. The summed E-state index contributed by atoms with van der Waals surface area (Å²) in [7, 11) is 0. The van der Waals surface area contributed by atoms with Crippen LogP contribution in [0.3, 0.4) is 0 Å². The highest BCUT2D eigenvalue weighted by atomic mass is 79.9. The standard InChI is InChI=1S/C17H9BrN2O/c18-11-5-6-15-13(8-11)17(21)16(20-15)7-10-9-19-14-4-2-1-3-12(10)14/h1-6,8-9,20H. The summed E-state index contributed by atoms with van der Waals surface area (Å²) in [5.74, 6) is -0.0448. The Kier molecular flexibility index (Phi) is 2.67. The lowest BCUT2D eigenvalue weighted by molar-refractivity contribution is 0.104. The third-order valence-corrected chi connectivity index (χ3v) is 3.99. The molecule has 4 rings (SSSR count). The van der Waals surface area contributed by atoms with E-state index in [0.29, 0.717) is 11.3 Å². The Hall–Kier alpha value is -2.42. The highest BCUT2D eigenvalue weighted by Crippen LogP contribution is 2.33. The first-order valence-corrected chi connectivity index (χ1v) is 7.27. The molecule has 0 spiro atoms. The second-order valence-electron chi connectivity index (χ2n) is 4.83. The van der Waals surface area contributed by atoms with Gasteiger partial charge >= 0.3 is 0 Å². The molecule has 0 saturated heterocycles. The SMILES string of the molecule is O=C1C(=C=C2C=Nc3ccccc32)Nc2ccc(Br)cc21. The Labute approximate surface area is 129 Å². The summed E-state index contributed by atoms with van der Waals surface area (Å²) in [6.45, 7) is 0. The summed E-state index contributed by atoms with van der Waals surface area (Å²) in [5.41, 5.74) is 7.83. The molecule has 3 nitrogen and oxygen atoms in total. The fourth-order valence-electron chi connectivity index (χ4n) is 2.48. The van der Waals surface area contributed by atoms with Crippen molar-refractivity contribution in [2.75, 3.05) is 5.32 Å². The first kappa shape index (κ1) is 12.3. The number of aliphatic imine (C=N–C) groups is 1. The molecule has 0 aromatic heterocycles. The van der Waals surface area contributed by atoms with Gasteiger partial charge in [-0.25, -0.2) is 0 Å². The maximum absolute atomic E-state index is 12.4. The lowest BCUT2D eigenvalue weighted by atomic mass is 10.1. The van der Waals surface area contributed by atoms with Gasteiger partial charge in [0.1, 0.15) is 5.70 Å². The van der Waals surface area contributed by atoms with E-state index >= 15 is 0 Å². The first-order valence-electron chi connectivity index (χ1n) is 6.48. The lowest BCUT2D eigenvalue weighted by Crippen LogP contribution is -1.98. The number of nitrogens with one attached hydrogen (secondary N) is 1. The van der Waals surface area contributed by atoms with Crippen LogP contribution in [0.2, 0.25) is 0 Å². The second-order valence-corrected chi connectivity index (χ2v) is 5.75. The topological polar surface area (TPSA) is 41.5 Å². The van der Waals surface area contributed by atoms with Crippen LogP contribution in [0.25, 0.3) is 5.57 Å². The number of carbonyl (C=O) groups excluding carboxylic acids is 1. The predicted molar refractivity (Wildman–Crippen MR) is 87.1 cm³/mol. The molecule has 0 atom stereocenters. The molecule has 2 heterocycles. The summed E-state index contributed by atoms with van der Waals surface area (Å²) in [6, 6.07) is 13.4. The van der Waals surface area contributed by atoms with E-state index in [1.54, 1.807) is 6.21 Å². The molecule has 2 aliphatic heterocycles. The summed E-state index contributed by atoms with van der Waals surface area (Å²) in [5, 5.41) is 3.12.